The quantitative estimate of drug-likeness (QED) is 0.584. The van der Waals surface area contributed by atoms with E-state index in [1.807, 2.05) is 0 Å². The van der Waals surface area contributed by atoms with E-state index >= 15 is 0 Å². The molecule has 0 aromatic rings. The number of hydrogen-bond donors (Lipinski definition) is 0. The molecular formula is C19H28O4. The zero-order chi connectivity index (χ0) is 17.1. The molecule has 0 radical (unpaired) electrons. The first-order valence-electron chi connectivity index (χ1n) is 8.51. The van der Waals surface area contributed by atoms with Crippen molar-refractivity contribution in [1.82, 2.24) is 0 Å². The zero-order valence-corrected chi connectivity index (χ0v) is 14.8. The van der Waals surface area contributed by atoms with Crippen LogP contribution < -0.4 is 0 Å². The van der Waals surface area contributed by atoms with Gasteiger partial charge in [-0.05, 0) is 61.7 Å². The summed E-state index contributed by atoms with van der Waals surface area (Å²) in [4.78, 5) is 23.7. The van der Waals surface area contributed by atoms with Gasteiger partial charge >= 0.3 is 11.9 Å². The predicted molar refractivity (Wildman–Crippen MR) is 86.6 cm³/mol. The smallest absolute Gasteiger partial charge is 0.344 e. The van der Waals surface area contributed by atoms with Crippen LogP contribution in [0.5, 0.6) is 0 Å². The van der Waals surface area contributed by atoms with E-state index in [4.69, 9.17) is 9.47 Å². The Labute approximate surface area is 138 Å². The second-order valence-electron chi connectivity index (χ2n) is 9.51. The fourth-order valence-corrected chi connectivity index (χ4v) is 6.80. The van der Waals surface area contributed by atoms with Gasteiger partial charge in [0.25, 0.3) is 0 Å². The SMILES string of the molecule is C=C(C)C(=O)OCC(=O)OC12CC3(C)CC(C)(CC(C)(C3)C1)C2. The van der Waals surface area contributed by atoms with Gasteiger partial charge in [-0.25, -0.2) is 9.59 Å². The van der Waals surface area contributed by atoms with Crippen LogP contribution in [-0.4, -0.2) is 24.1 Å². The topological polar surface area (TPSA) is 52.6 Å². The zero-order valence-electron chi connectivity index (χ0n) is 14.8. The minimum Gasteiger partial charge on any atom is -0.456 e. The molecule has 4 fully saturated rings. The minimum atomic E-state index is -0.543. The van der Waals surface area contributed by atoms with Gasteiger partial charge in [-0.1, -0.05) is 27.4 Å². The molecule has 0 saturated heterocycles. The van der Waals surface area contributed by atoms with E-state index in [0.717, 1.165) is 19.3 Å². The third-order valence-corrected chi connectivity index (χ3v) is 5.81. The molecule has 4 bridgehead atoms. The third kappa shape index (κ3) is 3.05. The molecule has 128 valence electrons. The average Bonchev–Trinajstić information content (AvgIpc) is 2.28. The van der Waals surface area contributed by atoms with Crippen molar-refractivity contribution in [1.29, 1.82) is 0 Å². The molecule has 4 aliphatic carbocycles. The van der Waals surface area contributed by atoms with Gasteiger partial charge in [-0.15, -0.1) is 0 Å². The number of carbonyl (C=O) groups excluding carboxylic acids is 2. The molecule has 0 aromatic heterocycles. The van der Waals surface area contributed by atoms with E-state index in [9.17, 15) is 9.59 Å². The molecule has 4 saturated carbocycles. The summed E-state index contributed by atoms with van der Waals surface area (Å²) in [6.07, 6.45) is 6.47. The Morgan fingerprint density at radius 2 is 1.35 bits per heavy atom. The van der Waals surface area contributed by atoms with Crippen LogP contribution in [-0.2, 0) is 19.1 Å². The lowest BCUT2D eigenvalue weighted by Crippen LogP contribution is -2.63. The van der Waals surface area contributed by atoms with E-state index < -0.39 is 11.9 Å². The molecule has 0 unspecified atom stereocenters. The molecule has 4 nitrogen and oxygen atoms in total. The summed E-state index contributed by atoms with van der Waals surface area (Å²) in [5.74, 6) is -0.976. The monoisotopic (exact) mass is 320 g/mol. The summed E-state index contributed by atoms with van der Waals surface area (Å²) in [5.41, 5.74) is 0.687. The van der Waals surface area contributed by atoms with Crippen LogP contribution in [0.25, 0.3) is 0 Å². The number of rotatable bonds is 4. The number of esters is 2. The Bertz CT molecular complexity index is 522. The Morgan fingerprint density at radius 3 is 1.74 bits per heavy atom. The first-order valence-corrected chi connectivity index (χ1v) is 8.51. The second kappa shape index (κ2) is 4.84. The van der Waals surface area contributed by atoms with Crippen molar-refractivity contribution in [3.05, 3.63) is 12.2 Å². The van der Waals surface area contributed by atoms with Crippen LogP contribution in [0.3, 0.4) is 0 Å². The van der Waals surface area contributed by atoms with Gasteiger partial charge in [0.1, 0.15) is 5.60 Å². The Kier molecular flexibility index (Phi) is 3.48. The third-order valence-electron chi connectivity index (χ3n) is 5.81. The first-order chi connectivity index (χ1) is 10.5. The highest BCUT2D eigenvalue weighted by molar-refractivity contribution is 5.88. The lowest BCUT2D eigenvalue weighted by molar-refractivity contribution is -0.238. The molecule has 4 aliphatic rings. The summed E-state index contributed by atoms with van der Waals surface area (Å²) < 4.78 is 10.9. The van der Waals surface area contributed by atoms with Crippen LogP contribution in [0.4, 0.5) is 0 Å². The van der Waals surface area contributed by atoms with Gasteiger partial charge in [0.2, 0.25) is 0 Å². The summed E-state index contributed by atoms with van der Waals surface area (Å²) in [6.45, 7) is 11.8. The van der Waals surface area contributed by atoms with Gasteiger partial charge in [0.15, 0.2) is 6.61 Å². The number of ether oxygens (including phenoxy) is 2. The molecule has 0 spiro atoms. The van der Waals surface area contributed by atoms with Crippen LogP contribution in [0, 0.1) is 16.2 Å². The molecule has 0 amide bonds. The molecule has 0 aromatic carbocycles. The standard InChI is InChI=1S/C19H28O4/c1-13(2)15(21)22-6-14(20)23-19-10-16(3)7-17(4,11-19)9-18(5,8-16)12-19/h1,6-12H2,2-5H3. The lowest BCUT2D eigenvalue weighted by Gasteiger charge is -2.68. The van der Waals surface area contributed by atoms with Gasteiger partial charge < -0.3 is 9.47 Å². The van der Waals surface area contributed by atoms with Gasteiger partial charge in [0.05, 0.1) is 0 Å². The van der Waals surface area contributed by atoms with Gasteiger partial charge in [-0.2, -0.15) is 0 Å². The fraction of sp³-hybridized carbons (Fsp3) is 0.789. The van der Waals surface area contributed by atoms with Crippen LogP contribution in [0.1, 0.15) is 66.2 Å². The largest absolute Gasteiger partial charge is 0.456 e. The average molecular weight is 320 g/mol. The van der Waals surface area contributed by atoms with Crippen molar-refractivity contribution >= 4 is 11.9 Å². The number of hydrogen-bond acceptors (Lipinski definition) is 4. The summed E-state index contributed by atoms with van der Waals surface area (Å²) in [7, 11) is 0. The van der Waals surface area contributed by atoms with Crippen molar-refractivity contribution in [3.8, 4) is 0 Å². The fourth-order valence-electron chi connectivity index (χ4n) is 6.80. The summed E-state index contributed by atoms with van der Waals surface area (Å²) >= 11 is 0. The van der Waals surface area contributed by atoms with Crippen molar-refractivity contribution in [3.63, 3.8) is 0 Å². The summed E-state index contributed by atoms with van der Waals surface area (Å²) in [6, 6.07) is 0. The Balaban J connectivity index is 1.71. The Hall–Kier alpha value is -1.32. The summed E-state index contributed by atoms with van der Waals surface area (Å²) in [5, 5.41) is 0. The van der Waals surface area contributed by atoms with E-state index in [1.54, 1.807) is 6.92 Å². The van der Waals surface area contributed by atoms with E-state index in [-0.39, 0.29) is 28.5 Å². The van der Waals surface area contributed by atoms with Crippen molar-refractivity contribution < 1.29 is 19.1 Å². The first kappa shape index (κ1) is 16.5. The maximum atomic E-state index is 12.2. The Morgan fingerprint density at radius 1 is 0.913 bits per heavy atom. The van der Waals surface area contributed by atoms with Gasteiger partial charge in [-0.3, -0.25) is 0 Å². The molecule has 0 aliphatic heterocycles. The highest BCUT2D eigenvalue weighted by Gasteiger charge is 2.65. The number of carbonyl (C=O) groups is 2. The molecule has 0 atom stereocenters. The second-order valence-corrected chi connectivity index (χ2v) is 9.51. The van der Waals surface area contributed by atoms with E-state index in [2.05, 4.69) is 27.4 Å². The molecule has 0 N–H and O–H groups in total. The highest BCUT2D eigenvalue weighted by Crippen LogP contribution is 2.71. The highest BCUT2D eigenvalue weighted by atomic mass is 16.6. The van der Waals surface area contributed by atoms with Gasteiger partial charge in [0, 0.05) is 5.57 Å². The minimum absolute atomic E-state index is 0.257. The van der Waals surface area contributed by atoms with Crippen LogP contribution >= 0.6 is 0 Å². The van der Waals surface area contributed by atoms with Crippen molar-refractivity contribution in [2.45, 2.75) is 71.8 Å². The molecule has 4 rings (SSSR count). The van der Waals surface area contributed by atoms with E-state index in [1.165, 1.54) is 19.3 Å². The predicted octanol–water partition coefficient (Wildman–Crippen LogP) is 3.79. The maximum absolute atomic E-state index is 12.2. The molecular weight excluding hydrogens is 292 g/mol. The van der Waals surface area contributed by atoms with Crippen molar-refractivity contribution in [2.24, 2.45) is 16.2 Å². The lowest BCUT2D eigenvalue weighted by atomic mass is 9.39. The van der Waals surface area contributed by atoms with Crippen LogP contribution in [0.15, 0.2) is 12.2 Å². The van der Waals surface area contributed by atoms with Crippen molar-refractivity contribution in [2.75, 3.05) is 6.61 Å². The normalized spacial score (nSPS) is 44.0. The maximum Gasteiger partial charge on any atom is 0.344 e. The molecule has 23 heavy (non-hydrogen) atoms. The molecule has 4 heteroatoms. The molecule has 0 heterocycles. The van der Waals surface area contributed by atoms with Crippen LogP contribution in [0.2, 0.25) is 0 Å². The van der Waals surface area contributed by atoms with E-state index in [0.29, 0.717) is 5.57 Å².